The summed E-state index contributed by atoms with van der Waals surface area (Å²) in [6, 6.07) is -0.907. The first-order valence-corrected chi connectivity index (χ1v) is 2.67. The zero-order valence-corrected chi connectivity index (χ0v) is 11.2. The fraction of sp³-hybridized carbons (Fsp3) is 0.600. The van der Waals surface area contributed by atoms with E-state index in [1.54, 1.807) is 0 Å². The van der Waals surface area contributed by atoms with Gasteiger partial charge in [-0.3, -0.25) is 0 Å². The summed E-state index contributed by atoms with van der Waals surface area (Å²) in [5, 5.41) is 19.6. The Morgan fingerprint density at radius 3 is 1.50 bits per heavy atom. The van der Waals surface area contributed by atoms with E-state index in [0.29, 0.717) is 0 Å². The molecule has 58 valence electrons. The number of carboxylic acid groups (broad SMARTS) is 2. The van der Waals surface area contributed by atoms with Crippen LogP contribution in [0.4, 0.5) is 0 Å². The molecular weight excluding hydrogens is 184 g/mol. The summed E-state index contributed by atoms with van der Waals surface area (Å²) in [7, 11) is 0. The molecular formula is C5H7NNa2O4. The van der Waals surface area contributed by atoms with Crippen molar-refractivity contribution in [3.63, 3.8) is 0 Å². The first-order chi connectivity index (χ1) is 4.52. The fourth-order valence-corrected chi connectivity index (χ4v) is 0.500. The molecule has 0 rings (SSSR count). The molecule has 0 amide bonds. The van der Waals surface area contributed by atoms with Gasteiger partial charge in [0.25, 0.3) is 0 Å². The second-order valence-corrected chi connectivity index (χ2v) is 1.91. The smallest absolute Gasteiger partial charge is 0.550 e. The van der Waals surface area contributed by atoms with E-state index in [2.05, 4.69) is 0 Å². The largest absolute Gasteiger partial charge is 1.00 e. The van der Waals surface area contributed by atoms with E-state index in [1.165, 1.54) is 0 Å². The minimum Gasteiger partial charge on any atom is -0.550 e. The molecule has 5 nitrogen and oxygen atoms in total. The average molecular weight is 191 g/mol. The molecule has 0 spiro atoms. The number of carbonyl (C=O) groups is 2. The Morgan fingerprint density at radius 1 is 1.08 bits per heavy atom. The maximum absolute atomic E-state index is 9.79. The third-order valence-corrected chi connectivity index (χ3v) is 0.858. The Hall–Kier alpha value is 0.900. The van der Waals surface area contributed by atoms with Crippen LogP contribution in [0.15, 0.2) is 0 Å². The van der Waals surface area contributed by atoms with Gasteiger partial charge in [0, 0.05) is 30.8 Å². The number of nitrogens with two attached hydrogens (primary N) is 1. The maximum atomic E-state index is 9.79. The van der Waals surface area contributed by atoms with Gasteiger partial charge in [0.15, 0.2) is 0 Å². The number of rotatable bonds is 4. The molecule has 0 aromatic rings. The van der Waals surface area contributed by atoms with Crippen molar-refractivity contribution in [1.29, 1.82) is 0 Å². The maximum Gasteiger partial charge on any atom is 1.00 e. The molecule has 0 heterocycles. The van der Waals surface area contributed by atoms with E-state index in [4.69, 9.17) is 5.73 Å². The Bertz CT molecular complexity index is 136. The van der Waals surface area contributed by atoms with Crippen LogP contribution in [-0.4, -0.2) is 18.0 Å². The van der Waals surface area contributed by atoms with Crippen molar-refractivity contribution >= 4 is 11.9 Å². The summed E-state index contributed by atoms with van der Waals surface area (Å²) in [6.07, 6.45) is -0.901. The predicted molar refractivity (Wildman–Crippen MR) is 27.2 cm³/mol. The third-order valence-electron chi connectivity index (χ3n) is 0.858. The van der Waals surface area contributed by atoms with Crippen molar-refractivity contribution in [2.45, 2.75) is 18.9 Å². The molecule has 12 heavy (non-hydrogen) atoms. The van der Waals surface area contributed by atoms with Crippen LogP contribution in [0.5, 0.6) is 0 Å². The van der Waals surface area contributed by atoms with E-state index in [0.717, 1.165) is 0 Å². The van der Waals surface area contributed by atoms with Crippen LogP contribution in [0.1, 0.15) is 12.8 Å². The van der Waals surface area contributed by atoms with E-state index < -0.39 is 30.8 Å². The summed E-state index contributed by atoms with van der Waals surface area (Å²) in [5.41, 5.74) is 5.03. The summed E-state index contributed by atoms with van der Waals surface area (Å²) in [4.78, 5) is 19.6. The quantitative estimate of drug-likeness (QED) is 0.444. The van der Waals surface area contributed by atoms with E-state index in [9.17, 15) is 19.8 Å². The average Bonchev–Trinajstić information content (AvgIpc) is 1.58. The van der Waals surface area contributed by atoms with Gasteiger partial charge in [0.1, 0.15) is 0 Å². The number of hydrogen-bond donors (Lipinski definition) is 1. The van der Waals surface area contributed by atoms with Crippen molar-refractivity contribution in [1.82, 2.24) is 0 Å². The number of carboxylic acids is 2. The van der Waals surface area contributed by atoms with Gasteiger partial charge < -0.3 is 25.5 Å². The van der Waals surface area contributed by atoms with E-state index >= 15 is 0 Å². The molecule has 0 aliphatic heterocycles. The van der Waals surface area contributed by atoms with Gasteiger partial charge >= 0.3 is 59.1 Å². The van der Waals surface area contributed by atoms with Gasteiger partial charge in [-0.2, -0.15) is 0 Å². The molecule has 0 aliphatic rings. The zero-order chi connectivity index (χ0) is 8.15. The van der Waals surface area contributed by atoms with Crippen molar-refractivity contribution in [2.75, 3.05) is 0 Å². The summed E-state index contributed by atoms with van der Waals surface area (Å²) in [5.74, 6) is -2.71. The molecule has 0 saturated heterocycles. The molecule has 0 bridgehead atoms. The van der Waals surface area contributed by atoms with Gasteiger partial charge in [-0.05, 0) is 0 Å². The molecule has 7 heteroatoms. The molecule has 0 saturated carbocycles. The topological polar surface area (TPSA) is 106 Å². The van der Waals surface area contributed by atoms with Crippen LogP contribution >= 0.6 is 0 Å². The Kier molecular flexibility index (Phi) is 15.5. The van der Waals surface area contributed by atoms with Gasteiger partial charge in [0.2, 0.25) is 0 Å². The van der Waals surface area contributed by atoms with Gasteiger partial charge in [-0.15, -0.1) is 0 Å². The van der Waals surface area contributed by atoms with Crippen molar-refractivity contribution in [2.24, 2.45) is 5.73 Å². The fourth-order valence-electron chi connectivity index (χ4n) is 0.500. The Balaban J connectivity index is -0.000000405. The Labute approximate surface area is 114 Å². The molecule has 0 atom stereocenters. The minimum atomic E-state index is -1.35. The monoisotopic (exact) mass is 191 g/mol. The van der Waals surface area contributed by atoms with Crippen LogP contribution in [0, 0.1) is 0 Å². The Morgan fingerprint density at radius 2 is 1.33 bits per heavy atom. The number of hydrogen-bond acceptors (Lipinski definition) is 5. The minimum absolute atomic E-state index is 0. The molecule has 0 aliphatic carbocycles. The van der Waals surface area contributed by atoms with Crippen molar-refractivity contribution in [3.05, 3.63) is 0 Å². The van der Waals surface area contributed by atoms with Gasteiger partial charge in [-0.1, -0.05) is 0 Å². The molecule has 0 aromatic carbocycles. The van der Waals surface area contributed by atoms with E-state index in [1.807, 2.05) is 0 Å². The normalized spacial score (nSPS) is 8.17. The molecule has 2 N–H and O–H groups in total. The summed E-state index contributed by atoms with van der Waals surface area (Å²) in [6.45, 7) is 0. The first-order valence-electron chi connectivity index (χ1n) is 2.67. The summed E-state index contributed by atoms with van der Waals surface area (Å²) >= 11 is 0. The second-order valence-electron chi connectivity index (χ2n) is 1.91. The zero-order valence-electron chi connectivity index (χ0n) is 7.20. The van der Waals surface area contributed by atoms with Gasteiger partial charge in [-0.25, -0.2) is 0 Å². The van der Waals surface area contributed by atoms with Crippen LogP contribution in [-0.2, 0) is 9.59 Å². The van der Waals surface area contributed by atoms with Crippen LogP contribution in [0.3, 0.4) is 0 Å². The van der Waals surface area contributed by atoms with Gasteiger partial charge in [0.05, 0.1) is 0 Å². The molecule has 0 unspecified atom stereocenters. The molecule has 0 fully saturated rings. The predicted octanol–water partition coefficient (Wildman–Crippen LogP) is -9.40. The van der Waals surface area contributed by atoms with E-state index in [-0.39, 0.29) is 59.1 Å². The standard InChI is InChI=1S/C5H9NO4.2Na/c6-3(1-4(7)8)2-5(9)10;;/h3H,1-2,6H2,(H,7,8)(H,9,10);;/q;2*+1/p-2. The summed E-state index contributed by atoms with van der Waals surface area (Å²) < 4.78 is 0. The van der Waals surface area contributed by atoms with Crippen LogP contribution in [0.2, 0.25) is 0 Å². The second kappa shape index (κ2) is 9.98. The third kappa shape index (κ3) is 13.5. The van der Waals surface area contributed by atoms with Crippen LogP contribution < -0.4 is 75.1 Å². The molecule has 0 radical (unpaired) electrons. The van der Waals surface area contributed by atoms with Crippen molar-refractivity contribution in [3.8, 4) is 0 Å². The van der Waals surface area contributed by atoms with Crippen LogP contribution in [0.25, 0.3) is 0 Å². The molecule has 0 aromatic heterocycles. The SMILES string of the molecule is NC(CC(=O)[O-])CC(=O)[O-].[Na+].[Na+]. The number of aliphatic carboxylic acids is 2. The first kappa shape index (κ1) is 18.6. The number of carbonyl (C=O) groups excluding carboxylic acids is 2. The van der Waals surface area contributed by atoms with Crippen molar-refractivity contribution < 1.29 is 78.9 Å².